The molecule has 3 aliphatic heterocycles. The molecule has 2 aliphatic carbocycles. The number of halogens is 1. The van der Waals surface area contributed by atoms with E-state index in [1.165, 1.54) is 9.13 Å². The van der Waals surface area contributed by atoms with Crippen molar-refractivity contribution in [3.05, 3.63) is 145 Å². The Labute approximate surface area is 425 Å². The van der Waals surface area contributed by atoms with Crippen molar-refractivity contribution < 1.29 is 18.9 Å². The number of hydrogen-bond donors (Lipinski definition) is 2. The minimum Gasteiger partial charge on any atom is -0.399 e. The number of fused-ring (bicyclic) bond motifs is 8. The van der Waals surface area contributed by atoms with Gasteiger partial charge in [0, 0.05) is 92.7 Å². The molecule has 4 atom stereocenters. The number of Topliss-reactive ketones (excluding diaryl/α,β-unsaturated/α-hetero) is 2. The highest BCUT2D eigenvalue weighted by molar-refractivity contribution is 14.1. The van der Waals surface area contributed by atoms with Gasteiger partial charge in [-0.05, 0) is 151 Å². The van der Waals surface area contributed by atoms with Crippen molar-refractivity contribution in [1.29, 1.82) is 10.5 Å². The molecule has 5 aliphatic rings. The number of aryl methyl sites for hydroxylation is 4. The lowest BCUT2D eigenvalue weighted by Gasteiger charge is -2.42. The van der Waals surface area contributed by atoms with E-state index >= 15 is 0 Å². The predicted molar refractivity (Wildman–Crippen MR) is 283 cm³/mol. The van der Waals surface area contributed by atoms with Crippen molar-refractivity contribution in [1.82, 2.24) is 19.6 Å². The lowest BCUT2D eigenvalue weighted by atomic mass is 9.63. The van der Waals surface area contributed by atoms with Crippen LogP contribution in [0.15, 0.2) is 85.5 Å². The second kappa shape index (κ2) is 17.7. The maximum Gasteiger partial charge on any atom is 0.498 e. The van der Waals surface area contributed by atoms with Gasteiger partial charge in [-0.2, -0.15) is 20.7 Å². The summed E-state index contributed by atoms with van der Waals surface area (Å²) in [5.41, 5.74) is 13.5. The number of carbonyl (C=O) groups excluding carboxylic acids is 2. The number of ketones is 2. The monoisotopic (exact) mass is 1050 g/mol. The van der Waals surface area contributed by atoms with Gasteiger partial charge in [0.25, 0.3) is 0 Å². The van der Waals surface area contributed by atoms with Gasteiger partial charge in [0.2, 0.25) is 0 Å². The van der Waals surface area contributed by atoms with E-state index in [-0.39, 0.29) is 64.6 Å². The molecule has 14 heteroatoms. The molecule has 1 saturated heterocycles. The van der Waals surface area contributed by atoms with Crippen molar-refractivity contribution in [2.24, 2.45) is 14.1 Å². The molecule has 358 valence electrons. The molecule has 2 N–H and O–H groups in total. The van der Waals surface area contributed by atoms with Gasteiger partial charge in [0.05, 0.1) is 52.5 Å². The third kappa shape index (κ3) is 8.06. The van der Waals surface area contributed by atoms with E-state index in [4.69, 9.17) is 14.6 Å². The number of rotatable bonds is 4. The van der Waals surface area contributed by atoms with Gasteiger partial charge in [-0.1, -0.05) is 53.7 Å². The Bertz CT molecular complexity index is 3190. The second-order valence-corrected chi connectivity index (χ2v) is 22.6. The van der Waals surface area contributed by atoms with E-state index in [0.29, 0.717) is 11.1 Å². The summed E-state index contributed by atoms with van der Waals surface area (Å²) in [6, 6.07) is 24.2. The molecule has 0 radical (unpaired) electrons. The van der Waals surface area contributed by atoms with Gasteiger partial charge in [-0.25, -0.2) is 0 Å². The first-order valence-corrected chi connectivity index (χ1v) is 25.2. The molecule has 0 saturated carbocycles. The molecule has 2 aromatic heterocycles. The van der Waals surface area contributed by atoms with E-state index in [1.807, 2.05) is 101 Å². The summed E-state index contributed by atoms with van der Waals surface area (Å²) in [6.07, 6.45) is 9.38. The Morgan fingerprint density at radius 3 is 1.57 bits per heavy atom. The zero-order valence-electron chi connectivity index (χ0n) is 42.1. The van der Waals surface area contributed by atoms with Crippen molar-refractivity contribution in [2.75, 3.05) is 10.6 Å². The predicted octanol–water partition coefficient (Wildman–Crippen LogP) is 10.1. The van der Waals surface area contributed by atoms with Gasteiger partial charge >= 0.3 is 7.12 Å². The highest BCUT2D eigenvalue weighted by Gasteiger charge is 2.54. The van der Waals surface area contributed by atoms with Crippen LogP contribution in [0.5, 0.6) is 0 Å². The summed E-state index contributed by atoms with van der Waals surface area (Å²) in [6.45, 7) is 21.3. The summed E-state index contributed by atoms with van der Waals surface area (Å²) in [4.78, 5) is 27.1. The molecular weight excluding hydrogens is 986 g/mol. The van der Waals surface area contributed by atoms with Crippen LogP contribution in [0, 0.1) is 26.2 Å². The number of nitrogens with one attached hydrogen (secondary N) is 2. The number of aromatic nitrogens is 4. The highest BCUT2D eigenvalue weighted by Crippen LogP contribution is 2.53. The molecule has 1 fully saturated rings. The van der Waals surface area contributed by atoms with Crippen LogP contribution >= 0.6 is 22.6 Å². The minimum absolute atomic E-state index is 0.0136. The molecule has 70 heavy (non-hydrogen) atoms. The molecule has 11 rings (SSSR count). The minimum atomic E-state index is -0.302. The molecule has 4 unspecified atom stereocenters. The fraction of sp³-hybridized carbons (Fsp3) is 0.393. The third-order valence-corrected chi connectivity index (χ3v) is 16.8. The van der Waals surface area contributed by atoms with Crippen molar-refractivity contribution in [3.8, 4) is 23.3 Å². The SMILES string of the molecule is CCc1cc2c(cc1-c1cnn(C)c1)C(C)(C)C1Nc3cc(C#N)ccc3C1C2=O.CCc1cc2c(cc1I)C(C)(C)C1Nc3cc(C#N)ccc3C1C2=O.Cn1cc(B2OC(C)(C)C(C)(C)O2)cn1. The zero-order valence-corrected chi connectivity index (χ0v) is 44.2. The summed E-state index contributed by atoms with van der Waals surface area (Å²) < 4.78 is 16.6. The molecule has 0 amide bonds. The smallest absolute Gasteiger partial charge is 0.399 e. The van der Waals surface area contributed by atoms with Crippen LogP contribution in [0.1, 0.15) is 146 Å². The number of carbonyl (C=O) groups is 2. The Morgan fingerprint density at radius 2 is 1.13 bits per heavy atom. The standard InChI is InChI=1S/C25H24N4O.C21H19IN2O.C10H17BN2O2/c1-5-15-9-19-20(10-18(15)16-12-27-29(4)13-16)25(2,3)24-22(23(19)30)17-7-6-14(11-26)8-21(17)28-24;1-4-12-8-14-15(9-16(12)22)21(2,3)20-18(19(14)25)13-6-5-11(10-23)7-17(13)24-20;1-9(2)10(3,4)15-11(14-9)8-6-12-13(5)7-8/h6-10,12-13,22,24,28H,5H2,1-4H3;5-9,18,20,24H,4H2,1-3H3;6-7H,1-5H3. The average Bonchev–Trinajstić information content (AvgIpc) is 4.17. The number of benzene rings is 4. The number of nitriles is 2. The van der Waals surface area contributed by atoms with E-state index in [1.54, 1.807) is 10.9 Å². The number of anilines is 2. The lowest BCUT2D eigenvalue weighted by Crippen LogP contribution is -2.48. The molecule has 4 aromatic carbocycles. The Hall–Kier alpha value is -6.07. The van der Waals surface area contributed by atoms with Crippen molar-refractivity contribution >= 4 is 58.1 Å². The topological polar surface area (TPSA) is 160 Å². The van der Waals surface area contributed by atoms with Gasteiger partial charge in [0.15, 0.2) is 11.6 Å². The van der Waals surface area contributed by atoms with Gasteiger partial charge in [-0.15, -0.1) is 0 Å². The van der Waals surface area contributed by atoms with Crippen LogP contribution in [-0.4, -0.2) is 61.5 Å². The summed E-state index contributed by atoms with van der Waals surface area (Å²) >= 11 is 2.37. The Balaban J connectivity index is 0.000000138. The summed E-state index contributed by atoms with van der Waals surface area (Å²) in [5.74, 6) is -0.0571. The quantitative estimate of drug-likeness (QED) is 0.129. The van der Waals surface area contributed by atoms with Crippen molar-refractivity contribution in [2.45, 2.75) is 128 Å². The molecule has 0 bridgehead atoms. The molecule has 6 aromatic rings. The van der Waals surface area contributed by atoms with Gasteiger partial charge < -0.3 is 19.9 Å². The van der Waals surface area contributed by atoms with Crippen LogP contribution in [0.25, 0.3) is 11.1 Å². The maximum absolute atomic E-state index is 13.7. The third-order valence-electron chi connectivity index (χ3n) is 15.8. The first kappa shape index (κ1) is 48.9. The van der Waals surface area contributed by atoms with Gasteiger partial charge in [-0.3, -0.25) is 19.0 Å². The Kier molecular flexibility index (Phi) is 12.3. The van der Waals surface area contributed by atoms with Crippen LogP contribution in [-0.2, 0) is 47.1 Å². The largest absolute Gasteiger partial charge is 0.498 e. The van der Waals surface area contributed by atoms with Crippen LogP contribution in [0.3, 0.4) is 0 Å². The molecule has 12 nitrogen and oxygen atoms in total. The van der Waals surface area contributed by atoms with Gasteiger partial charge in [0.1, 0.15) is 0 Å². The second-order valence-electron chi connectivity index (χ2n) is 21.4. The van der Waals surface area contributed by atoms with E-state index in [9.17, 15) is 14.9 Å². The van der Waals surface area contributed by atoms with Crippen LogP contribution in [0.4, 0.5) is 11.4 Å². The molecule has 5 heterocycles. The first-order valence-electron chi connectivity index (χ1n) is 24.1. The van der Waals surface area contributed by atoms with E-state index in [2.05, 4.69) is 121 Å². The lowest BCUT2D eigenvalue weighted by molar-refractivity contribution is 0.00578. The van der Waals surface area contributed by atoms with E-state index < -0.39 is 0 Å². The van der Waals surface area contributed by atoms with Crippen molar-refractivity contribution in [3.63, 3.8) is 0 Å². The average molecular weight is 1050 g/mol. The summed E-state index contributed by atoms with van der Waals surface area (Å²) in [5, 5.41) is 34.0. The molecular formula is C56H60BIN8O4. The zero-order chi connectivity index (χ0) is 50.4. The first-order chi connectivity index (χ1) is 33.0. The van der Waals surface area contributed by atoms with E-state index in [0.717, 1.165) is 79.8 Å². The summed E-state index contributed by atoms with van der Waals surface area (Å²) in [7, 11) is 3.50. The van der Waals surface area contributed by atoms with Crippen LogP contribution < -0.4 is 16.1 Å². The number of hydrogen-bond acceptors (Lipinski definition) is 10. The number of nitrogens with zero attached hydrogens (tertiary/aromatic N) is 6. The highest BCUT2D eigenvalue weighted by atomic mass is 127. The molecule has 0 spiro atoms. The Morgan fingerprint density at radius 1 is 0.657 bits per heavy atom. The maximum atomic E-state index is 13.7. The fourth-order valence-electron chi connectivity index (χ4n) is 11.0. The normalized spacial score (nSPS) is 21.9. The van der Waals surface area contributed by atoms with Crippen LogP contribution in [0.2, 0.25) is 0 Å². The fourth-order valence-corrected chi connectivity index (χ4v) is 11.9.